The van der Waals surface area contributed by atoms with Gasteiger partial charge in [0.25, 0.3) is 0 Å². The molecular weight excluding hydrogens is 557 g/mol. The van der Waals surface area contributed by atoms with E-state index in [1.807, 2.05) is 61.2 Å². The molecule has 0 N–H and O–H groups in total. The zero-order chi connectivity index (χ0) is 30.1. The fraction of sp³-hybridized carbons (Fsp3) is 0.0769. The Bertz CT molecular complexity index is 2000. The average molecular weight is 589 g/mol. The number of allylic oxidation sites excluding steroid dienone is 2. The summed E-state index contributed by atoms with van der Waals surface area (Å²) in [5, 5.41) is 0. The Kier molecular flexibility index (Phi) is 7.24. The quantitative estimate of drug-likeness (QED) is 0.194. The van der Waals surface area contributed by atoms with Gasteiger partial charge in [-0.1, -0.05) is 78.9 Å². The first-order valence-electron chi connectivity index (χ1n) is 14.6. The lowest BCUT2D eigenvalue weighted by atomic mass is 9.87. The minimum absolute atomic E-state index is 0.864. The topological polar surface area (TPSA) is 51.6 Å². The van der Waals surface area contributed by atoms with Crippen LogP contribution in [0.5, 0.6) is 0 Å². The number of rotatable bonds is 6. The van der Waals surface area contributed by atoms with Gasteiger partial charge in [0.05, 0.1) is 22.8 Å². The Morgan fingerprint density at radius 1 is 0.432 bits per heavy atom. The fourth-order valence-electron chi connectivity index (χ4n) is 6.10. The van der Waals surface area contributed by atoms with E-state index < -0.39 is 10.0 Å². The van der Waals surface area contributed by atoms with Gasteiger partial charge in [-0.15, -0.1) is 0 Å². The van der Waals surface area contributed by atoms with Crippen LogP contribution in [0, 0.1) is 6.92 Å². The Labute approximate surface area is 260 Å². The van der Waals surface area contributed by atoms with Gasteiger partial charge in [-0.05, 0) is 72.5 Å². The van der Waals surface area contributed by atoms with Crippen molar-refractivity contribution in [2.75, 3.05) is 12.5 Å². The molecule has 1 aliphatic heterocycles. The van der Waals surface area contributed by atoms with Crippen molar-refractivity contribution >= 4 is 31.0 Å². The maximum absolute atomic E-state index is 4.93. The van der Waals surface area contributed by atoms with Gasteiger partial charge in [0.15, 0.2) is 0 Å². The van der Waals surface area contributed by atoms with Crippen LogP contribution in [0.1, 0.15) is 27.8 Å². The molecule has 5 heteroatoms. The van der Waals surface area contributed by atoms with Crippen LogP contribution in [0.3, 0.4) is 0 Å². The summed E-state index contributed by atoms with van der Waals surface area (Å²) < 4.78 is 0. The molecule has 0 saturated carbocycles. The second-order valence-electron chi connectivity index (χ2n) is 11.2. The highest BCUT2D eigenvalue weighted by Gasteiger charge is 2.39. The van der Waals surface area contributed by atoms with Crippen LogP contribution in [0.25, 0.3) is 43.7 Å². The largest absolute Gasteiger partial charge is 0.255 e. The predicted molar refractivity (Wildman–Crippen MR) is 186 cm³/mol. The Balaban J connectivity index is 1.47. The molecule has 4 nitrogen and oxygen atoms in total. The molecule has 0 atom stereocenters. The van der Waals surface area contributed by atoms with Crippen LogP contribution in [0.15, 0.2) is 140 Å². The number of aryl methyl sites for hydroxylation is 1. The monoisotopic (exact) mass is 588 g/mol. The summed E-state index contributed by atoms with van der Waals surface area (Å²) in [5.41, 5.74) is 11.9. The van der Waals surface area contributed by atoms with Crippen LogP contribution in [0.2, 0.25) is 0 Å². The molecule has 1 aliphatic rings. The second-order valence-corrected chi connectivity index (χ2v) is 14.7. The van der Waals surface area contributed by atoms with E-state index in [1.54, 1.807) is 0 Å². The molecule has 0 amide bonds. The lowest BCUT2D eigenvalue weighted by Crippen LogP contribution is -2.01. The number of hydrogen-bond donors (Lipinski definition) is 0. The molecule has 2 aromatic carbocycles. The summed E-state index contributed by atoms with van der Waals surface area (Å²) in [6.07, 6.45) is 12.5. The smallest absolute Gasteiger partial charge is 0.0886 e. The molecule has 214 valence electrons. The lowest BCUT2D eigenvalue weighted by molar-refractivity contribution is 1.24. The molecule has 0 aliphatic carbocycles. The van der Waals surface area contributed by atoms with E-state index in [0.717, 1.165) is 33.9 Å². The van der Waals surface area contributed by atoms with Crippen LogP contribution >= 0.6 is 10.0 Å². The van der Waals surface area contributed by atoms with Gasteiger partial charge in [-0.25, -0.2) is 0 Å². The van der Waals surface area contributed by atoms with Crippen molar-refractivity contribution in [1.29, 1.82) is 0 Å². The van der Waals surface area contributed by atoms with E-state index in [2.05, 4.69) is 108 Å². The number of pyridine rings is 4. The van der Waals surface area contributed by atoms with Crippen molar-refractivity contribution in [1.82, 2.24) is 19.9 Å². The fourth-order valence-corrected chi connectivity index (χ4v) is 9.17. The molecule has 7 rings (SSSR count). The van der Waals surface area contributed by atoms with E-state index in [0.29, 0.717) is 0 Å². The Hall–Kier alpha value is -5.13. The van der Waals surface area contributed by atoms with Crippen molar-refractivity contribution in [2.45, 2.75) is 6.92 Å². The normalized spacial score (nSPS) is 15.0. The highest BCUT2D eigenvalue weighted by molar-refractivity contribution is 8.47. The SMILES string of the molecule is Cc1ccccc1C1=C(c2ccc(-c3ccccn3)nc2)S(C)(C)C(c2ccc(-c3ccccn3)nc2)=C1c1ccccc1. The van der Waals surface area contributed by atoms with E-state index >= 15 is 0 Å². The average Bonchev–Trinajstić information content (AvgIpc) is 3.33. The van der Waals surface area contributed by atoms with Crippen LogP contribution in [0.4, 0.5) is 0 Å². The summed E-state index contributed by atoms with van der Waals surface area (Å²) in [6.45, 7) is 2.20. The lowest BCUT2D eigenvalue weighted by Gasteiger charge is -2.34. The van der Waals surface area contributed by atoms with Gasteiger partial charge in [0.1, 0.15) is 0 Å². The molecular formula is C39H32N4S. The van der Waals surface area contributed by atoms with Gasteiger partial charge in [0.2, 0.25) is 0 Å². The zero-order valence-electron chi connectivity index (χ0n) is 25.0. The third-order valence-electron chi connectivity index (χ3n) is 8.11. The van der Waals surface area contributed by atoms with Crippen molar-refractivity contribution in [3.05, 3.63) is 168 Å². The molecule has 4 aromatic heterocycles. The highest BCUT2D eigenvalue weighted by atomic mass is 32.3. The zero-order valence-corrected chi connectivity index (χ0v) is 25.8. The maximum atomic E-state index is 4.93. The first kappa shape index (κ1) is 27.7. The molecule has 6 aromatic rings. The molecule has 0 radical (unpaired) electrons. The minimum atomic E-state index is -1.55. The van der Waals surface area contributed by atoms with E-state index in [9.17, 15) is 0 Å². The first-order chi connectivity index (χ1) is 21.5. The highest BCUT2D eigenvalue weighted by Crippen LogP contribution is 2.74. The third-order valence-corrected chi connectivity index (χ3v) is 11.0. The van der Waals surface area contributed by atoms with Gasteiger partial charge >= 0.3 is 0 Å². The summed E-state index contributed by atoms with van der Waals surface area (Å²) >= 11 is 0. The molecule has 0 bridgehead atoms. The Morgan fingerprint density at radius 3 is 1.43 bits per heavy atom. The molecule has 44 heavy (non-hydrogen) atoms. The van der Waals surface area contributed by atoms with E-state index in [4.69, 9.17) is 9.97 Å². The van der Waals surface area contributed by atoms with Crippen LogP contribution < -0.4 is 0 Å². The Morgan fingerprint density at radius 2 is 0.932 bits per heavy atom. The summed E-state index contributed by atoms with van der Waals surface area (Å²) in [7, 11) is -1.55. The number of aromatic nitrogens is 4. The second kappa shape index (κ2) is 11.5. The summed E-state index contributed by atoms with van der Waals surface area (Å²) in [5.74, 6) is 0. The molecule has 0 saturated heterocycles. The van der Waals surface area contributed by atoms with Crippen molar-refractivity contribution in [3.8, 4) is 22.8 Å². The van der Waals surface area contributed by atoms with E-state index in [1.165, 1.54) is 37.6 Å². The molecule has 0 fully saturated rings. The van der Waals surface area contributed by atoms with Gasteiger partial charge in [0, 0.05) is 56.9 Å². The summed E-state index contributed by atoms with van der Waals surface area (Å²) in [4.78, 5) is 21.5. The minimum Gasteiger partial charge on any atom is -0.255 e. The van der Waals surface area contributed by atoms with Gasteiger partial charge in [-0.3, -0.25) is 19.9 Å². The van der Waals surface area contributed by atoms with Crippen LogP contribution in [-0.2, 0) is 0 Å². The van der Waals surface area contributed by atoms with Gasteiger partial charge < -0.3 is 0 Å². The molecule has 0 unspecified atom stereocenters. The van der Waals surface area contributed by atoms with Crippen molar-refractivity contribution in [3.63, 3.8) is 0 Å². The van der Waals surface area contributed by atoms with Crippen LogP contribution in [-0.4, -0.2) is 32.4 Å². The number of benzene rings is 2. The predicted octanol–water partition coefficient (Wildman–Crippen LogP) is 9.42. The third kappa shape index (κ3) is 4.95. The molecule has 5 heterocycles. The van der Waals surface area contributed by atoms with E-state index in [-0.39, 0.29) is 0 Å². The van der Waals surface area contributed by atoms with Crippen molar-refractivity contribution in [2.24, 2.45) is 0 Å². The first-order valence-corrected chi connectivity index (χ1v) is 17.1. The van der Waals surface area contributed by atoms with Crippen molar-refractivity contribution < 1.29 is 0 Å². The standard InChI is InChI=1S/C39H32N4S/c1-27-13-7-8-16-31(27)37-36(28-14-5-4-6-15-28)38(29-19-21-34(42-25-29)32-17-9-11-23-40-32)44(2,3)39(37)30-20-22-35(43-26-30)33-18-10-12-24-41-33/h4-26H,1-3H3. The molecule has 0 spiro atoms. The van der Waals surface area contributed by atoms with Gasteiger partial charge in [-0.2, -0.15) is 10.0 Å². The maximum Gasteiger partial charge on any atom is 0.0886 e. The number of nitrogens with zero attached hydrogens (tertiary/aromatic N) is 4. The number of hydrogen-bond acceptors (Lipinski definition) is 4. The summed E-state index contributed by atoms with van der Waals surface area (Å²) in [6, 6.07) is 40.0.